The minimum absolute atomic E-state index is 0.348. The van der Waals surface area contributed by atoms with Gasteiger partial charge in [0.1, 0.15) is 0 Å². The molecular weight excluding hydrogens is 182 g/mol. The molecule has 0 spiro atoms. The summed E-state index contributed by atoms with van der Waals surface area (Å²) >= 11 is 0. The highest BCUT2D eigenvalue weighted by molar-refractivity contribution is 5.22. The summed E-state index contributed by atoms with van der Waals surface area (Å²) < 4.78 is 0. The second-order valence-electron chi connectivity index (χ2n) is 5.59. The van der Waals surface area contributed by atoms with Crippen LogP contribution in [0, 0.1) is 5.41 Å². The Morgan fingerprint density at radius 2 is 1.87 bits per heavy atom. The number of hydrogen-bond donors (Lipinski definition) is 1. The lowest BCUT2D eigenvalue weighted by molar-refractivity contribution is 0.198. The Morgan fingerprint density at radius 1 is 1.20 bits per heavy atom. The molecule has 0 bridgehead atoms. The van der Waals surface area contributed by atoms with Gasteiger partial charge >= 0.3 is 0 Å². The molecule has 0 heterocycles. The maximum Gasteiger partial charge on any atom is 0.0108 e. The van der Waals surface area contributed by atoms with Gasteiger partial charge in [-0.25, -0.2) is 0 Å². The van der Waals surface area contributed by atoms with E-state index in [9.17, 15) is 0 Å². The Labute approximate surface area is 92.7 Å². The first-order valence-corrected chi connectivity index (χ1v) is 5.89. The summed E-state index contributed by atoms with van der Waals surface area (Å²) in [7, 11) is 0. The van der Waals surface area contributed by atoms with Gasteiger partial charge in [-0.15, -0.1) is 0 Å². The second-order valence-corrected chi connectivity index (χ2v) is 5.59. The summed E-state index contributed by atoms with van der Waals surface area (Å²) in [6, 6.07) is 11.1. The topological polar surface area (TPSA) is 26.0 Å². The molecule has 1 fully saturated rings. The van der Waals surface area contributed by atoms with Crippen LogP contribution in [0.5, 0.6) is 0 Å². The van der Waals surface area contributed by atoms with Crippen molar-refractivity contribution in [3.8, 4) is 0 Å². The molecule has 1 heteroatoms. The van der Waals surface area contributed by atoms with Crippen LogP contribution < -0.4 is 5.73 Å². The SMILES string of the molecule is CC1(C)CC[C@H](N)[C@H](c2ccccc2)C1. The minimum Gasteiger partial charge on any atom is -0.327 e. The van der Waals surface area contributed by atoms with Crippen molar-refractivity contribution < 1.29 is 0 Å². The molecule has 1 aliphatic carbocycles. The Balaban J connectivity index is 2.20. The van der Waals surface area contributed by atoms with Crippen molar-refractivity contribution in [1.82, 2.24) is 0 Å². The minimum atomic E-state index is 0.348. The quantitative estimate of drug-likeness (QED) is 0.744. The van der Waals surface area contributed by atoms with Crippen molar-refractivity contribution in [3.05, 3.63) is 35.9 Å². The van der Waals surface area contributed by atoms with Crippen molar-refractivity contribution in [2.75, 3.05) is 0 Å². The monoisotopic (exact) mass is 203 g/mol. The lowest BCUT2D eigenvalue weighted by Crippen LogP contribution is -2.37. The van der Waals surface area contributed by atoms with Crippen molar-refractivity contribution in [1.29, 1.82) is 0 Å². The maximum absolute atomic E-state index is 6.23. The van der Waals surface area contributed by atoms with Crippen LogP contribution in [0.25, 0.3) is 0 Å². The van der Waals surface area contributed by atoms with Gasteiger partial charge in [0.2, 0.25) is 0 Å². The van der Waals surface area contributed by atoms with Gasteiger partial charge in [-0.3, -0.25) is 0 Å². The number of benzene rings is 1. The van der Waals surface area contributed by atoms with Gasteiger partial charge < -0.3 is 5.73 Å². The molecule has 0 saturated heterocycles. The van der Waals surface area contributed by atoms with Gasteiger partial charge in [-0.2, -0.15) is 0 Å². The van der Waals surface area contributed by atoms with E-state index in [1.165, 1.54) is 18.4 Å². The molecule has 2 rings (SSSR count). The molecule has 2 N–H and O–H groups in total. The van der Waals surface area contributed by atoms with E-state index in [1.807, 2.05) is 0 Å². The van der Waals surface area contributed by atoms with Crippen molar-refractivity contribution in [2.45, 2.75) is 45.1 Å². The number of rotatable bonds is 1. The predicted molar refractivity (Wildman–Crippen MR) is 64.8 cm³/mol. The van der Waals surface area contributed by atoms with E-state index in [0.29, 0.717) is 17.4 Å². The third-order valence-electron chi connectivity index (χ3n) is 3.67. The van der Waals surface area contributed by atoms with E-state index in [1.54, 1.807) is 0 Å². The zero-order valence-electron chi connectivity index (χ0n) is 9.74. The molecular formula is C14H21N. The molecule has 1 aromatic carbocycles. The first-order chi connectivity index (χ1) is 7.08. The molecule has 0 amide bonds. The molecule has 1 aliphatic rings. The van der Waals surface area contributed by atoms with Gasteiger partial charge in [0.25, 0.3) is 0 Å². The Morgan fingerprint density at radius 3 is 2.53 bits per heavy atom. The fraction of sp³-hybridized carbons (Fsp3) is 0.571. The van der Waals surface area contributed by atoms with Gasteiger partial charge in [-0.1, -0.05) is 44.2 Å². The summed E-state index contributed by atoms with van der Waals surface area (Å²) in [5, 5.41) is 0. The van der Waals surface area contributed by atoms with Crippen molar-refractivity contribution in [2.24, 2.45) is 11.1 Å². The molecule has 0 aliphatic heterocycles. The van der Waals surface area contributed by atoms with Crippen molar-refractivity contribution >= 4 is 0 Å². The fourth-order valence-corrected chi connectivity index (χ4v) is 2.67. The fourth-order valence-electron chi connectivity index (χ4n) is 2.67. The summed E-state index contributed by atoms with van der Waals surface area (Å²) in [6.07, 6.45) is 3.64. The zero-order chi connectivity index (χ0) is 10.9. The van der Waals surface area contributed by atoms with Gasteiger partial charge in [0.15, 0.2) is 0 Å². The first kappa shape index (κ1) is 10.7. The summed E-state index contributed by atoms with van der Waals surface area (Å²) in [5.41, 5.74) is 8.10. The maximum atomic E-state index is 6.23. The van der Waals surface area contributed by atoms with Crippen molar-refractivity contribution in [3.63, 3.8) is 0 Å². The van der Waals surface area contributed by atoms with Crippen LogP contribution in [0.2, 0.25) is 0 Å². The largest absolute Gasteiger partial charge is 0.327 e. The predicted octanol–water partition coefficient (Wildman–Crippen LogP) is 3.31. The summed E-state index contributed by atoms with van der Waals surface area (Å²) in [5.74, 6) is 0.551. The average Bonchev–Trinajstić information content (AvgIpc) is 2.23. The lowest BCUT2D eigenvalue weighted by atomic mass is 9.68. The molecule has 1 saturated carbocycles. The van der Waals surface area contributed by atoms with E-state index in [-0.39, 0.29) is 0 Å². The van der Waals surface area contributed by atoms with Crippen LogP contribution in [-0.2, 0) is 0 Å². The summed E-state index contributed by atoms with van der Waals surface area (Å²) in [4.78, 5) is 0. The van der Waals surface area contributed by atoms with Gasteiger partial charge in [-0.05, 0) is 36.2 Å². The summed E-state index contributed by atoms with van der Waals surface area (Å²) in [6.45, 7) is 4.71. The average molecular weight is 203 g/mol. The van der Waals surface area contributed by atoms with E-state index in [4.69, 9.17) is 5.73 Å². The normalized spacial score (nSPS) is 30.1. The molecule has 15 heavy (non-hydrogen) atoms. The smallest absolute Gasteiger partial charge is 0.0108 e. The Kier molecular flexibility index (Phi) is 2.83. The van der Waals surface area contributed by atoms with Gasteiger partial charge in [0, 0.05) is 6.04 Å². The molecule has 0 radical (unpaired) electrons. The van der Waals surface area contributed by atoms with Gasteiger partial charge in [0.05, 0.1) is 0 Å². The Hall–Kier alpha value is -0.820. The highest BCUT2D eigenvalue weighted by atomic mass is 14.7. The van der Waals surface area contributed by atoms with Crippen LogP contribution >= 0.6 is 0 Å². The molecule has 2 atom stereocenters. The third-order valence-corrected chi connectivity index (χ3v) is 3.67. The van der Waals surface area contributed by atoms with Crippen LogP contribution in [0.15, 0.2) is 30.3 Å². The van der Waals surface area contributed by atoms with Crippen LogP contribution in [0.4, 0.5) is 0 Å². The molecule has 82 valence electrons. The molecule has 0 aromatic heterocycles. The molecule has 0 unspecified atom stereocenters. The number of nitrogens with two attached hydrogens (primary N) is 1. The Bertz CT molecular complexity index is 315. The van der Waals surface area contributed by atoms with Crippen LogP contribution in [-0.4, -0.2) is 6.04 Å². The second kappa shape index (κ2) is 3.97. The number of hydrogen-bond acceptors (Lipinski definition) is 1. The van der Waals surface area contributed by atoms with E-state index in [0.717, 1.165) is 6.42 Å². The highest BCUT2D eigenvalue weighted by Gasteiger charge is 2.33. The zero-order valence-corrected chi connectivity index (χ0v) is 9.74. The van der Waals surface area contributed by atoms with E-state index in [2.05, 4.69) is 44.2 Å². The van der Waals surface area contributed by atoms with E-state index < -0.39 is 0 Å². The van der Waals surface area contributed by atoms with E-state index >= 15 is 0 Å². The molecule has 1 aromatic rings. The standard InChI is InChI=1S/C14H21N/c1-14(2)9-8-13(15)12(10-14)11-6-4-3-5-7-11/h3-7,12-13H,8-10,15H2,1-2H3/t12-,13-/m0/s1. The van der Waals surface area contributed by atoms with Crippen LogP contribution in [0.1, 0.15) is 44.6 Å². The lowest BCUT2D eigenvalue weighted by Gasteiger charge is -2.39. The van der Waals surface area contributed by atoms with Crippen LogP contribution in [0.3, 0.4) is 0 Å². The third kappa shape index (κ3) is 2.40. The first-order valence-electron chi connectivity index (χ1n) is 5.89. The molecule has 1 nitrogen and oxygen atoms in total. The highest BCUT2D eigenvalue weighted by Crippen LogP contribution is 2.42.